The topological polar surface area (TPSA) is 34.5 Å². The number of ether oxygens (including phenoxy) is 1. The summed E-state index contributed by atoms with van der Waals surface area (Å²) >= 11 is 0. The minimum Gasteiger partial charge on any atom is -0.484 e. The Morgan fingerprint density at radius 1 is 1.27 bits per heavy atom. The monoisotopic (exact) mass is 298 g/mol. The van der Waals surface area contributed by atoms with Crippen LogP contribution in [-0.4, -0.2) is 28.0 Å². The molecule has 4 nitrogen and oxygen atoms in total. The second kappa shape index (κ2) is 6.26. The molecular weight excluding hydrogens is 276 g/mol. The van der Waals surface area contributed by atoms with E-state index in [-0.39, 0.29) is 12.5 Å². The van der Waals surface area contributed by atoms with E-state index in [9.17, 15) is 4.79 Å². The van der Waals surface area contributed by atoms with Crippen LogP contribution in [0.5, 0.6) is 5.75 Å². The number of benzene rings is 1. The number of carbonyl (C=O) groups excluding carboxylic acids is 1. The van der Waals surface area contributed by atoms with Gasteiger partial charge in [0.1, 0.15) is 5.75 Å². The zero-order valence-corrected chi connectivity index (χ0v) is 13.2. The van der Waals surface area contributed by atoms with E-state index in [0.29, 0.717) is 12.6 Å². The maximum Gasteiger partial charge on any atom is 0.261 e. The number of carbonyl (C=O) groups is 1. The molecule has 1 aromatic carbocycles. The maximum absolute atomic E-state index is 12.5. The molecule has 1 fully saturated rings. The molecule has 0 unspecified atom stereocenters. The molecule has 4 heteroatoms. The maximum atomic E-state index is 12.5. The van der Waals surface area contributed by atoms with Crippen molar-refractivity contribution in [2.75, 3.05) is 6.61 Å². The molecule has 0 N–H and O–H groups in total. The Morgan fingerprint density at radius 2 is 2.05 bits per heavy atom. The molecule has 1 saturated carbocycles. The van der Waals surface area contributed by atoms with Crippen LogP contribution in [0.2, 0.25) is 0 Å². The van der Waals surface area contributed by atoms with Crippen LogP contribution in [0.15, 0.2) is 42.6 Å². The third-order valence-electron chi connectivity index (χ3n) is 4.14. The number of para-hydroxylation sites is 1. The second-order valence-electron chi connectivity index (χ2n) is 5.92. The first-order valence-electron chi connectivity index (χ1n) is 7.73. The van der Waals surface area contributed by atoms with Crippen LogP contribution in [0.25, 0.3) is 0 Å². The molecule has 0 aliphatic heterocycles. The van der Waals surface area contributed by atoms with Gasteiger partial charge in [-0.1, -0.05) is 18.2 Å². The number of hydrogen-bond acceptors (Lipinski definition) is 2. The normalized spacial score (nSPS) is 13.9. The second-order valence-corrected chi connectivity index (χ2v) is 5.92. The first-order chi connectivity index (χ1) is 10.6. The number of hydrogen-bond donors (Lipinski definition) is 0. The first-order valence-corrected chi connectivity index (χ1v) is 7.73. The number of amides is 1. The third-order valence-corrected chi connectivity index (χ3v) is 4.14. The van der Waals surface area contributed by atoms with Gasteiger partial charge in [-0.25, -0.2) is 0 Å². The lowest BCUT2D eigenvalue weighted by Crippen LogP contribution is -2.36. The van der Waals surface area contributed by atoms with Gasteiger partial charge >= 0.3 is 0 Å². The highest BCUT2D eigenvalue weighted by Crippen LogP contribution is 2.28. The van der Waals surface area contributed by atoms with E-state index < -0.39 is 0 Å². The van der Waals surface area contributed by atoms with Crippen molar-refractivity contribution < 1.29 is 9.53 Å². The van der Waals surface area contributed by atoms with E-state index in [1.807, 2.05) is 55.4 Å². The summed E-state index contributed by atoms with van der Waals surface area (Å²) in [6.07, 6.45) is 4.20. The summed E-state index contributed by atoms with van der Waals surface area (Å²) in [4.78, 5) is 14.5. The molecule has 0 spiro atoms. The van der Waals surface area contributed by atoms with E-state index >= 15 is 0 Å². The Hall–Kier alpha value is -2.23. The minimum absolute atomic E-state index is 0.0620. The fourth-order valence-corrected chi connectivity index (χ4v) is 2.58. The fourth-order valence-electron chi connectivity index (χ4n) is 2.58. The minimum atomic E-state index is 0.0620. The molecule has 3 rings (SSSR count). The van der Waals surface area contributed by atoms with Crippen molar-refractivity contribution in [3.63, 3.8) is 0 Å². The van der Waals surface area contributed by atoms with Crippen molar-refractivity contribution >= 4 is 5.91 Å². The summed E-state index contributed by atoms with van der Waals surface area (Å²) < 4.78 is 7.77. The smallest absolute Gasteiger partial charge is 0.261 e. The first kappa shape index (κ1) is 14.7. The highest BCUT2D eigenvalue weighted by atomic mass is 16.5. The van der Waals surface area contributed by atoms with Crippen LogP contribution >= 0.6 is 0 Å². The van der Waals surface area contributed by atoms with Crippen molar-refractivity contribution in [3.05, 3.63) is 53.9 Å². The van der Waals surface area contributed by atoms with Gasteiger partial charge in [-0.15, -0.1) is 0 Å². The molecule has 0 saturated heterocycles. The number of rotatable bonds is 6. The molecule has 116 valence electrons. The van der Waals surface area contributed by atoms with E-state index in [4.69, 9.17) is 4.74 Å². The molecule has 2 aromatic rings. The lowest BCUT2D eigenvalue weighted by molar-refractivity contribution is -0.134. The Bertz CT molecular complexity index is 659. The summed E-state index contributed by atoms with van der Waals surface area (Å²) in [6, 6.07) is 12.2. The van der Waals surface area contributed by atoms with E-state index in [0.717, 1.165) is 29.8 Å². The summed E-state index contributed by atoms with van der Waals surface area (Å²) in [5.74, 6) is 0.845. The van der Waals surface area contributed by atoms with Gasteiger partial charge in [0.15, 0.2) is 6.61 Å². The van der Waals surface area contributed by atoms with Crippen LogP contribution in [0.1, 0.15) is 24.1 Å². The van der Waals surface area contributed by atoms with Gasteiger partial charge in [-0.05, 0) is 43.5 Å². The van der Waals surface area contributed by atoms with Gasteiger partial charge in [0.25, 0.3) is 5.91 Å². The van der Waals surface area contributed by atoms with E-state index in [1.54, 1.807) is 0 Å². The zero-order valence-electron chi connectivity index (χ0n) is 13.2. The Balaban J connectivity index is 1.63. The van der Waals surface area contributed by atoms with Gasteiger partial charge in [-0.3, -0.25) is 4.79 Å². The average Bonchev–Trinajstić information content (AvgIpc) is 3.27. The standard InChI is InChI=1S/C18H22N2O2/c1-14-6-3-4-8-17(14)22-13-18(21)20(15-9-10-15)12-16-7-5-11-19(16)2/h3-8,11,15H,9-10,12-13H2,1-2H3. The van der Waals surface area contributed by atoms with Crippen molar-refractivity contribution in [1.29, 1.82) is 0 Å². The Kier molecular flexibility index (Phi) is 4.18. The van der Waals surface area contributed by atoms with Crippen LogP contribution < -0.4 is 4.74 Å². The quantitative estimate of drug-likeness (QED) is 0.822. The molecule has 0 atom stereocenters. The molecule has 0 bridgehead atoms. The van der Waals surface area contributed by atoms with Crippen LogP contribution in [0.4, 0.5) is 0 Å². The molecule has 1 heterocycles. The summed E-state index contributed by atoms with van der Waals surface area (Å²) in [5.41, 5.74) is 2.20. The number of aromatic nitrogens is 1. The van der Waals surface area contributed by atoms with E-state index in [2.05, 4.69) is 10.6 Å². The predicted molar refractivity (Wildman–Crippen MR) is 85.7 cm³/mol. The third kappa shape index (κ3) is 3.32. The number of nitrogens with zero attached hydrogens (tertiary/aromatic N) is 2. The van der Waals surface area contributed by atoms with Crippen molar-refractivity contribution in [1.82, 2.24) is 9.47 Å². The molecule has 1 aliphatic carbocycles. The summed E-state index contributed by atoms with van der Waals surface area (Å²) in [6.45, 7) is 2.75. The van der Waals surface area contributed by atoms with E-state index in [1.165, 1.54) is 0 Å². The molecule has 22 heavy (non-hydrogen) atoms. The highest BCUT2D eigenvalue weighted by molar-refractivity contribution is 5.78. The van der Waals surface area contributed by atoms with Gasteiger partial charge in [-0.2, -0.15) is 0 Å². The largest absolute Gasteiger partial charge is 0.484 e. The molecule has 1 aliphatic rings. The summed E-state index contributed by atoms with van der Waals surface area (Å²) in [7, 11) is 2.01. The average molecular weight is 298 g/mol. The molecular formula is C18H22N2O2. The van der Waals surface area contributed by atoms with Crippen LogP contribution in [0.3, 0.4) is 0 Å². The number of aryl methyl sites for hydroxylation is 2. The SMILES string of the molecule is Cc1ccccc1OCC(=O)N(Cc1cccn1C)C1CC1. The van der Waals surface area contributed by atoms with Crippen molar-refractivity contribution in [2.24, 2.45) is 7.05 Å². The van der Waals surface area contributed by atoms with Gasteiger partial charge < -0.3 is 14.2 Å². The Morgan fingerprint density at radius 3 is 2.68 bits per heavy atom. The van der Waals surface area contributed by atoms with Crippen LogP contribution in [-0.2, 0) is 18.4 Å². The molecule has 0 radical (unpaired) electrons. The molecule has 1 amide bonds. The Labute approximate surface area is 131 Å². The summed E-state index contributed by atoms with van der Waals surface area (Å²) in [5, 5.41) is 0. The lowest BCUT2D eigenvalue weighted by Gasteiger charge is -2.23. The van der Waals surface area contributed by atoms with Crippen molar-refractivity contribution in [3.8, 4) is 5.75 Å². The highest BCUT2D eigenvalue weighted by Gasteiger charge is 2.33. The zero-order chi connectivity index (χ0) is 15.5. The lowest BCUT2D eigenvalue weighted by atomic mass is 10.2. The fraction of sp³-hybridized carbons (Fsp3) is 0.389. The van der Waals surface area contributed by atoms with Gasteiger partial charge in [0.05, 0.1) is 6.54 Å². The van der Waals surface area contributed by atoms with Gasteiger partial charge in [0.2, 0.25) is 0 Å². The van der Waals surface area contributed by atoms with Crippen LogP contribution in [0, 0.1) is 6.92 Å². The predicted octanol–water partition coefficient (Wildman–Crippen LogP) is 2.90. The van der Waals surface area contributed by atoms with Gasteiger partial charge in [0, 0.05) is 25.0 Å². The molecule has 1 aromatic heterocycles. The van der Waals surface area contributed by atoms with Crippen molar-refractivity contribution in [2.45, 2.75) is 32.4 Å².